The Balaban J connectivity index is 1.56. The topological polar surface area (TPSA) is 128 Å². The van der Waals surface area contributed by atoms with Crippen LogP contribution in [-0.2, 0) is 19.4 Å². The Morgan fingerprint density at radius 3 is 2.39 bits per heavy atom. The van der Waals surface area contributed by atoms with Gasteiger partial charge in [0, 0.05) is 17.7 Å². The average molecular weight is 635 g/mol. The third-order valence-corrected chi connectivity index (χ3v) is 10.7. The van der Waals surface area contributed by atoms with Crippen LogP contribution in [0.1, 0.15) is 51.2 Å². The van der Waals surface area contributed by atoms with Gasteiger partial charge in [-0.15, -0.1) is 0 Å². The van der Waals surface area contributed by atoms with Gasteiger partial charge in [0.05, 0.1) is 12.0 Å². The first kappa shape index (κ1) is 32.6. The molecule has 0 saturated carbocycles. The molecule has 9 nitrogen and oxygen atoms in total. The van der Waals surface area contributed by atoms with Crippen molar-refractivity contribution in [3.8, 4) is 28.7 Å². The van der Waals surface area contributed by atoms with Crippen molar-refractivity contribution in [2.24, 2.45) is 0 Å². The predicted octanol–water partition coefficient (Wildman–Crippen LogP) is 6.69. The molecule has 230 valence electrons. The lowest BCUT2D eigenvalue weighted by Gasteiger charge is -2.24. The van der Waals surface area contributed by atoms with Crippen LogP contribution in [0.25, 0.3) is 11.1 Å². The van der Waals surface area contributed by atoms with E-state index in [-0.39, 0.29) is 24.2 Å². The lowest BCUT2D eigenvalue weighted by molar-refractivity contribution is -0.120. The molecule has 2 N–H and O–H groups in total. The summed E-state index contributed by atoms with van der Waals surface area (Å²) in [6.45, 7) is 7.34. The molecule has 0 radical (unpaired) electrons. The molecular formula is C33H34N2O7S2. The zero-order valence-electron chi connectivity index (χ0n) is 25.1. The number of rotatable bonds is 8. The van der Waals surface area contributed by atoms with Crippen LogP contribution >= 0.6 is 11.8 Å². The van der Waals surface area contributed by atoms with Gasteiger partial charge in [-0.25, -0.2) is 13.2 Å². The van der Waals surface area contributed by atoms with Gasteiger partial charge in [0.1, 0.15) is 11.4 Å². The van der Waals surface area contributed by atoms with Gasteiger partial charge in [0.25, 0.3) is 11.1 Å². The smallest absolute Gasteiger partial charge is 0.412 e. The van der Waals surface area contributed by atoms with E-state index in [0.717, 1.165) is 16.7 Å². The first-order valence-corrected chi connectivity index (χ1v) is 16.2. The van der Waals surface area contributed by atoms with Crippen LogP contribution in [0.3, 0.4) is 0 Å². The van der Waals surface area contributed by atoms with E-state index in [4.69, 9.17) is 9.47 Å². The van der Waals surface area contributed by atoms with Crippen molar-refractivity contribution in [1.82, 2.24) is 5.32 Å². The van der Waals surface area contributed by atoms with E-state index in [1.54, 1.807) is 32.9 Å². The zero-order chi connectivity index (χ0) is 32.1. The van der Waals surface area contributed by atoms with E-state index >= 15 is 0 Å². The van der Waals surface area contributed by atoms with Crippen LogP contribution < -0.4 is 15.4 Å². The van der Waals surface area contributed by atoms with Crippen molar-refractivity contribution >= 4 is 44.5 Å². The van der Waals surface area contributed by atoms with E-state index in [1.165, 1.54) is 31.4 Å². The minimum atomic E-state index is -4.24. The van der Waals surface area contributed by atoms with Crippen LogP contribution in [-0.4, -0.2) is 42.4 Å². The van der Waals surface area contributed by atoms with E-state index in [9.17, 15) is 22.8 Å². The Hall–Kier alpha value is -4.27. The summed E-state index contributed by atoms with van der Waals surface area (Å²) in [5.74, 6) is 5.86. The second-order valence-corrected chi connectivity index (χ2v) is 14.9. The van der Waals surface area contributed by atoms with Gasteiger partial charge in [0.2, 0.25) is 13.9 Å². The van der Waals surface area contributed by atoms with Gasteiger partial charge in [0.15, 0.2) is 0 Å². The van der Waals surface area contributed by atoms with Crippen molar-refractivity contribution in [3.05, 3.63) is 77.9 Å². The van der Waals surface area contributed by atoms with Gasteiger partial charge < -0.3 is 9.47 Å². The Morgan fingerprint density at radius 1 is 1.05 bits per heavy atom. The molecule has 1 saturated heterocycles. The molecule has 1 atom stereocenters. The number of benzene rings is 3. The van der Waals surface area contributed by atoms with Gasteiger partial charge >= 0.3 is 6.09 Å². The summed E-state index contributed by atoms with van der Waals surface area (Å²) in [6.07, 6.45) is -0.166. The van der Waals surface area contributed by atoms with E-state index in [2.05, 4.69) is 22.5 Å². The number of hydrogen-bond acceptors (Lipinski definition) is 8. The summed E-state index contributed by atoms with van der Waals surface area (Å²) in [7, 11) is -2.78. The van der Waals surface area contributed by atoms with Crippen LogP contribution in [0, 0.1) is 18.8 Å². The molecule has 1 fully saturated rings. The molecule has 4 rings (SSSR count). The molecule has 1 unspecified atom stereocenters. The Kier molecular flexibility index (Phi) is 9.76. The summed E-state index contributed by atoms with van der Waals surface area (Å²) in [4.78, 5) is 37.4. The van der Waals surface area contributed by atoms with Gasteiger partial charge in [-0.1, -0.05) is 41.7 Å². The average Bonchev–Trinajstić information content (AvgIpc) is 3.26. The highest BCUT2D eigenvalue weighted by Gasteiger charge is 2.57. The van der Waals surface area contributed by atoms with Crippen molar-refractivity contribution in [2.45, 2.75) is 61.5 Å². The summed E-state index contributed by atoms with van der Waals surface area (Å²) in [6, 6.07) is 18.9. The van der Waals surface area contributed by atoms with E-state index in [0.29, 0.717) is 28.8 Å². The second-order valence-electron chi connectivity index (χ2n) is 11.2. The van der Waals surface area contributed by atoms with Crippen molar-refractivity contribution in [3.63, 3.8) is 0 Å². The van der Waals surface area contributed by atoms with Crippen LogP contribution in [0.15, 0.2) is 71.6 Å². The first-order chi connectivity index (χ1) is 20.7. The SMILES string of the molecule is COc1ccc(S(=O)(=O)C2(CCCC#Cc3ccc(NC(=O)OC(C)(C)C)cc3-c3cccc(C)c3)SC(=O)NC2=O)cc1. The second kappa shape index (κ2) is 13.2. The molecule has 1 aliphatic heterocycles. The molecule has 0 aromatic heterocycles. The monoisotopic (exact) mass is 634 g/mol. The van der Waals surface area contributed by atoms with Gasteiger partial charge in [-0.2, -0.15) is 0 Å². The van der Waals surface area contributed by atoms with E-state index < -0.39 is 36.8 Å². The number of hydrogen-bond donors (Lipinski definition) is 2. The quantitative estimate of drug-likeness (QED) is 0.207. The Morgan fingerprint density at radius 2 is 1.77 bits per heavy atom. The first-order valence-electron chi connectivity index (χ1n) is 13.9. The van der Waals surface area contributed by atoms with Crippen LogP contribution in [0.2, 0.25) is 0 Å². The summed E-state index contributed by atoms with van der Waals surface area (Å²) < 4.78 is 35.8. The molecule has 3 aromatic rings. The summed E-state index contributed by atoms with van der Waals surface area (Å²) in [5, 5.41) is 4.20. The van der Waals surface area contributed by atoms with E-state index in [1.807, 2.05) is 37.3 Å². The number of methoxy groups -OCH3 is 1. The number of ether oxygens (including phenoxy) is 2. The highest BCUT2D eigenvalue weighted by atomic mass is 32.3. The number of carbonyl (C=O) groups is 3. The predicted molar refractivity (Wildman–Crippen MR) is 171 cm³/mol. The number of anilines is 1. The molecule has 1 aliphatic rings. The number of thioether (sulfide) groups is 1. The fourth-order valence-electron chi connectivity index (χ4n) is 4.60. The lowest BCUT2D eigenvalue weighted by atomic mass is 9.97. The van der Waals surface area contributed by atoms with Crippen LogP contribution in [0.5, 0.6) is 5.75 Å². The lowest BCUT2D eigenvalue weighted by Crippen LogP contribution is -2.43. The number of sulfone groups is 1. The molecule has 0 spiro atoms. The molecule has 0 bridgehead atoms. The largest absolute Gasteiger partial charge is 0.497 e. The third-order valence-electron chi connectivity index (χ3n) is 6.65. The highest BCUT2D eigenvalue weighted by Crippen LogP contribution is 2.44. The van der Waals surface area contributed by atoms with Crippen molar-refractivity contribution in [2.75, 3.05) is 12.4 Å². The molecule has 3 amide bonds. The van der Waals surface area contributed by atoms with Crippen molar-refractivity contribution in [1.29, 1.82) is 0 Å². The third kappa shape index (κ3) is 7.44. The fourth-order valence-corrected chi connectivity index (χ4v) is 7.97. The highest BCUT2D eigenvalue weighted by molar-refractivity contribution is 8.25. The Labute approximate surface area is 262 Å². The van der Waals surface area contributed by atoms with Gasteiger partial charge in [-0.05, 0) is 106 Å². The molecule has 44 heavy (non-hydrogen) atoms. The maximum Gasteiger partial charge on any atom is 0.412 e. The minimum Gasteiger partial charge on any atom is -0.497 e. The minimum absolute atomic E-state index is 0.0791. The van der Waals surface area contributed by atoms with Crippen LogP contribution in [0.4, 0.5) is 15.3 Å². The number of aryl methyl sites for hydroxylation is 1. The molecule has 11 heteroatoms. The van der Waals surface area contributed by atoms with Crippen molar-refractivity contribution < 1.29 is 32.3 Å². The maximum atomic E-state index is 13.7. The summed E-state index contributed by atoms with van der Waals surface area (Å²) in [5.41, 5.74) is 3.35. The molecule has 3 aromatic carbocycles. The molecule has 1 heterocycles. The number of unbranched alkanes of at least 4 members (excludes halogenated alkanes) is 1. The number of imide groups is 1. The normalized spacial score (nSPS) is 16.5. The molecular weight excluding hydrogens is 601 g/mol. The summed E-state index contributed by atoms with van der Waals surface area (Å²) >= 11 is 0.486. The maximum absolute atomic E-state index is 13.7. The number of amides is 3. The standard InChI is InChI=1S/C33H34N2O7S2/c1-22-10-9-12-24(20-22)28-21-25(34-30(37)42-32(2,3)4)14-13-23(28)11-7-6-8-19-33(29(36)35-31(38)43-33)44(39,40)27-17-15-26(41-5)16-18-27/h9-10,12-18,20-21H,6,8,19H2,1-5H3,(H,34,37)(H,35,36,38). The molecule has 0 aliphatic carbocycles. The Bertz CT molecular complexity index is 1750. The number of carbonyl (C=O) groups excluding carboxylic acids is 3. The number of nitrogens with one attached hydrogen (secondary N) is 2. The zero-order valence-corrected chi connectivity index (χ0v) is 26.8. The fraction of sp³-hybridized carbons (Fsp3) is 0.303. The van der Waals surface area contributed by atoms with Gasteiger partial charge in [-0.3, -0.25) is 20.2 Å².